The van der Waals surface area contributed by atoms with Gasteiger partial charge in [0.1, 0.15) is 5.00 Å². The molecule has 5 rings (SSSR count). The third-order valence-electron chi connectivity index (χ3n) is 5.48. The second kappa shape index (κ2) is 8.64. The Morgan fingerprint density at radius 3 is 2.45 bits per heavy atom. The van der Waals surface area contributed by atoms with Gasteiger partial charge in [-0.3, -0.25) is 9.59 Å². The minimum Gasteiger partial charge on any atom is -0.368 e. The van der Waals surface area contributed by atoms with Gasteiger partial charge in [0.2, 0.25) is 0 Å². The molecule has 31 heavy (non-hydrogen) atoms. The molecule has 2 aliphatic rings. The number of piperazine rings is 1. The predicted molar refractivity (Wildman–Crippen MR) is 127 cm³/mol. The standard InChI is InChI=1S/C23H22N4O2S2/c28-20(22-24-18-8-4-5-9-19(18)31-22)25-21-17(10-15-30-21)23(29)27-13-11-26(12-14-27)16-6-2-1-3-7-16/h1-10,15,22,24H,11-14H2,(H,25,28). The van der Waals surface area contributed by atoms with E-state index in [4.69, 9.17) is 0 Å². The van der Waals surface area contributed by atoms with E-state index < -0.39 is 5.37 Å². The van der Waals surface area contributed by atoms with Crippen LogP contribution in [0, 0.1) is 0 Å². The highest BCUT2D eigenvalue weighted by Crippen LogP contribution is 2.38. The molecule has 2 aliphatic heterocycles. The number of hydrogen-bond donors (Lipinski definition) is 2. The number of carbonyl (C=O) groups excluding carboxylic acids is 2. The molecule has 6 nitrogen and oxygen atoms in total. The monoisotopic (exact) mass is 450 g/mol. The molecule has 2 amide bonds. The topological polar surface area (TPSA) is 64.7 Å². The Balaban J connectivity index is 1.21. The van der Waals surface area contributed by atoms with Crippen LogP contribution in [0.5, 0.6) is 0 Å². The molecule has 3 aromatic rings. The number of fused-ring (bicyclic) bond motifs is 1. The second-order valence-electron chi connectivity index (χ2n) is 7.41. The number of rotatable bonds is 4. The molecule has 0 aliphatic carbocycles. The van der Waals surface area contributed by atoms with Gasteiger partial charge in [-0.05, 0) is 35.7 Å². The SMILES string of the molecule is O=C(Nc1sccc1C(=O)N1CCN(c2ccccc2)CC1)C1Nc2ccccc2S1. The minimum absolute atomic E-state index is 0.0282. The zero-order valence-corrected chi connectivity index (χ0v) is 18.4. The van der Waals surface area contributed by atoms with E-state index >= 15 is 0 Å². The van der Waals surface area contributed by atoms with E-state index in [0.717, 1.165) is 23.7 Å². The van der Waals surface area contributed by atoms with Crippen LogP contribution < -0.4 is 15.5 Å². The van der Waals surface area contributed by atoms with E-state index in [2.05, 4.69) is 27.7 Å². The molecule has 3 heterocycles. The van der Waals surface area contributed by atoms with Gasteiger partial charge in [-0.25, -0.2) is 0 Å². The molecule has 0 spiro atoms. The minimum atomic E-state index is -0.406. The highest BCUT2D eigenvalue weighted by atomic mass is 32.2. The summed E-state index contributed by atoms with van der Waals surface area (Å²) < 4.78 is 0. The average Bonchev–Trinajstić information content (AvgIpc) is 3.46. The summed E-state index contributed by atoms with van der Waals surface area (Å²) in [5.41, 5.74) is 2.71. The molecule has 158 valence electrons. The first-order valence-electron chi connectivity index (χ1n) is 10.2. The van der Waals surface area contributed by atoms with Crippen molar-refractivity contribution in [1.82, 2.24) is 4.90 Å². The first kappa shape index (κ1) is 20.0. The van der Waals surface area contributed by atoms with Crippen molar-refractivity contribution in [2.45, 2.75) is 10.3 Å². The fourth-order valence-corrected chi connectivity index (χ4v) is 5.63. The first-order chi connectivity index (χ1) is 15.2. The zero-order valence-electron chi connectivity index (χ0n) is 16.8. The summed E-state index contributed by atoms with van der Waals surface area (Å²) >= 11 is 2.87. The number of anilines is 3. The van der Waals surface area contributed by atoms with Gasteiger partial charge < -0.3 is 20.4 Å². The Kier molecular flexibility index (Phi) is 5.57. The molecule has 1 unspecified atom stereocenters. The summed E-state index contributed by atoms with van der Waals surface area (Å²) in [6, 6.07) is 19.9. The molecule has 2 aromatic carbocycles. The number of nitrogens with one attached hydrogen (secondary N) is 2. The lowest BCUT2D eigenvalue weighted by atomic mass is 10.2. The summed E-state index contributed by atoms with van der Waals surface area (Å²) in [6.07, 6.45) is 0. The lowest BCUT2D eigenvalue weighted by Gasteiger charge is -2.36. The Labute approximate surface area is 189 Å². The van der Waals surface area contributed by atoms with Crippen LogP contribution in [0.15, 0.2) is 70.9 Å². The van der Waals surface area contributed by atoms with Gasteiger partial charge in [-0.15, -0.1) is 11.3 Å². The highest BCUT2D eigenvalue weighted by molar-refractivity contribution is 8.01. The molecule has 2 N–H and O–H groups in total. The lowest BCUT2D eigenvalue weighted by molar-refractivity contribution is -0.115. The second-order valence-corrected chi connectivity index (χ2v) is 9.47. The van der Waals surface area contributed by atoms with E-state index in [9.17, 15) is 9.59 Å². The predicted octanol–water partition coefficient (Wildman–Crippen LogP) is 4.19. The summed E-state index contributed by atoms with van der Waals surface area (Å²) in [4.78, 5) is 31.2. The maximum Gasteiger partial charge on any atom is 0.258 e. The maximum absolute atomic E-state index is 13.1. The Morgan fingerprint density at radius 2 is 1.68 bits per heavy atom. The van der Waals surface area contributed by atoms with E-state index in [1.165, 1.54) is 28.8 Å². The van der Waals surface area contributed by atoms with Gasteiger partial charge >= 0.3 is 0 Å². The maximum atomic E-state index is 13.1. The quantitative estimate of drug-likeness (QED) is 0.624. The van der Waals surface area contributed by atoms with Gasteiger partial charge in [-0.2, -0.15) is 0 Å². The van der Waals surface area contributed by atoms with Gasteiger partial charge in [0.15, 0.2) is 5.37 Å². The van der Waals surface area contributed by atoms with E-state index in [0.29, 0.717) is 23.7 Å². The Morgan fingerprint density at radius 1 is 0.935 bits per heavy atom. The number of thiophene rings is 1. The van der Waals surface area contributed by atoms with Crippen LogP contribution in [-0.2, 0) is 4.79 Å². The molecular formula is C23H22N4O2S2. The van der Waals surface area contributed by atoms with Gasteiger partial charge in [0.25, 0.3) is 11.8 Å². The number of thioether (sulfide) groups is 1. The highest BCUT2D eigenvalue weighted by Gasteiger charge is 2.30. The van der Waals surface area contributed by atoms with Crippen molar-refractivity contribution >= 4 is 51.3 Å². The van der Waals surface area contributed by atoms with Crippen molar-refractivity contribution < 1.29 is 9.59 Å². The van der Waals surface area contributed by atoms with Gasteiger partial charge in [-0.1, -0.05) is 42.1 Å². The van der Waals surface area contributed by atoms with Crippen LogP contribution in [0.25, 0.3) is 0 Å². The van der Waals surface area contributed by atoms with Gasteiger partial charge in [0.05, 0.1) is 5.56 Å². The van der Waals surface area contributed by atoms with Crippen molar-refractivity contribution in [2.75, 3.05) is 41.7 Å². The number of amides is 2. The van der Waals surface area contributed by atoms with Crippen molar-refractivity contribution in [3.63, 3.8) is 0 Å². The Hall–Kier alpha value is -2.97. The van der Waals surface area contributed by atoms with E-state index in [1.807, 2.05) is 52.7 Å². The third-order valence-corrected chi connectivity index (χ3v) is 7.48. The third kappa shape index (κ3) is 4.13. The number of nitrogens with zero attached hydrogens (tertiary/aromatic N) is 2. The number of hydrogen-bond acceptors (Lipinski definition) is 6. The lowest BCUT2D eigenvalue weighted by Crippen LogP contribution is -2.48. The average molecular weight is 451 g/mol. The molecule has 0 saturated carbocycles. The fourth-order valence-electron chi connectivity index (χ4n) is 3.83. The molecule has 8 heteroatoms. The Bertz CT molecular complexity index is 1070. The largest absolute Gasteiger partial charge is 0.368 e. The van der Waals surface area contributed by atoms with Gasteiger partial charge in [0, 0.05) is 42.4 Å². The summed E-state index contributed by atoms with van der Waals surface area (Å²) in [7, 11) is 0. The summed E-state index contributed by atoms with van der Waals surface area (Å²) in [5, 5.41) is 8.25. The number of para-hydroxylation sites is 2. The fraction of sp³-hybridized carbons (Fsp3) is 0.217. The van der Waals surface area contributed by atoms with E-state index in [1.54, 1.807) is 6.07 Å². The van der Waals surface area contributed by atoms with Crippen molar-refractivity contribution in [3.8, 4) is 0 Å². The molecule has 0 bridgehead atoms. The number of benzene rings is 2. The summed E-state index contributed by atoms with van der Waals surface area (Å²) in [6.45, 7) is 2.91. The molecule has 1 aromatic heterocycles. The normalized spacial score (nSPS) is 17.7. The molecule has 1 saturated heterocycles. The van der Waals surface area contributed by atoms with Crippen LogP contribution in [0.4, 0.5) is 16.4 Å². The van der Waals surface area contributed by atoms with Crippen LogP contribution in [0.1, 0.15) is 10.4 Å². The van der Waals surface area contributed by atoms with Crippen LogP contribution in [0.3, 0.4) is 0 Å². The van der Waals surface area contributed by atoms with Crippen molar-refractivity contribution in [1.29, 1.82) is 0 Å². The molecular weight excluding hydrogens is 428 g/mol. The van der Waals surface area contributed by atoms with E-state index in [-0.39, 0.29) is 11.8 Å². The van der Waals surface area contributed by atoms with Crippen LogP contribution in [0.2, 0.25) is 0 Å². The van der Waals surface area contributed by atoms with Crippen LogP contribution >= 0.6 is 23.1 Å². The first-order valence-corrected chi connectivity index (χ1v) is 11.9. The van der Waals surface area contributed by atoms with Crippen molar-refractivity contribution in [2.24, 2.45) is 0 Å². The van der Waals surface area contributed by atoms with Crippen LogP contribution in [-0.4, -0.2) is 48.3 Å². The summed E-state index contributed by atoms with van der Waals surface area (Å²) in [5.74, 6) is -0.175. The smallest absolute Gasteiger partial charge is 0.258 e. The molecule has 0 radical (unpaired) electrons. The molecule has 1 fully saturated rings. The van der Waals surface area contributed by atoms with Crippen molar-refractivity contribution in [3.05, 3.63) is 71.6 Å². The zero-order chi connectivity index (χ0) is 21.2. The molecule has 1 atom stereocenters. The number of carbonyl (C=O) groups is 2.